The molecule has 0 aliphatic heterocycles. The van der Waals surface area contributed by atoms with Gasteiger partial charge in [0.15, 0.2) is 17.5 Å². The van der Waals surface area contributed by atoms with Crippen molar-refractivity contribution in [3.63, 3.8) is 0 Å². The van der Waals surface area contributed by atoms with Crippen LogP contribution in [0.3, 0.4) is 0 Å². The highest BCUT2D eigenvalue weighted by Gasteiger charge is 2.24. The summed E-state index contributed by atoms with van der Waals surface area (Å²) in [6.07, 6.45) is 0. The SMILES string of the molecule is c1ccc(-c2nc(-c3ccccc3)nc(-c3ccc(-n4c5ccccc5c5c4ccc4c6ccc7oc8ccccc8c7c6n(-c6ccccc6)c45)cc3)n2)cc1. The summed E-state index contributed by atoms with van der Waals surface area (Å²) in [5.41, 5.74) is 11.3. The van der Waals surface area contributed by atoms with E-state index >= 15 is 0 Å². The molecular formula is C51H31N5O. The van der Waals surface area contributed by atoms with Gasteiger partial charge in [0.2, 0.25) is 0 Å². The van der Waals surface area contributed by atoms with Crippen LogP contribution in [0.15, 0.2) is 192 Å². The summed E-state index contributed by atoms with van der Waals surface area (Å²) >= 11 is 0. The van der Waals surface area contributed by atoms with Gasteiger partial charge in [0.1, 0.15) is 11.2 Å². The maximum Gasteiger partial charge on any atom is 0.164 e. The molecule has 0 spiro atoms. The largest absolute Gasteiger partial charge is 0.456 e. The smallest absolute Gasteiger partial charge is 0.164 e. The Labute approximate surface area is 326 Å². The molecule has 0 saturated carbocycles. The van der Waals surface area contributed by atoms with E-state index in [9.17, 15) is 0 Å². The molecule has 266 valence electrons. The Bertz CT molecular complexity index is 3430. The lowest BCUT2D eigenvalue weighted by atomic mass is 10.1. The van der Waals surface area contributed by atoms with Gasteiger partial charge in [-0.2, -0.15) is 0 Å². The zero-order valence-electron chi connectivity index (χ0n) is 30.5. The molecule has 0 atom stereocenters. The van der Waals surface area contributed by atoms with Crippen LogP contribution in [0.5, 0.6) is 0 Å². The number of para-hydroxylation sites is 3. The molecule has 0 N–H and O–H groups in total. The van der Waals surface area contributed by atoms with E-state index in [1.165, 1.54) is 27.1 Å². The Morgan fingerprint density at radius 2 is 0.825 bits per heavy atom. The third kappa shape index (κ3) is 4.81. The number of fused-ring (bicyclic) bond motifs is 11. The Balaban J connectivity index is 1.10. The highest BCUT2D eigenvalue weighted by molar-refractivity contribution is 6.30. The van der Waals surface area contributed by atoms with E-state index in [1.54, 1.807) is 0 Å². The molecule has 12 aromatic rings. The number of aromatic nitrogens is 5. The standard InChI is InChI=1S/C51H31N5O/c1-4-14-32(15-5-1)49-52-50(33-16-6-2-7-17-33)54-51(53-49)34-24-26-36(27-25-34)55-41-22-12-10-20-39(41)45-42(55)30-28-37-38-29-31-44-46(40-21-11-13-23-43(40)57-44)48(38)56(47(37)45)35-18-8-3-9-19-35/h1-31H. The minimum absolute atomic E-state index is 0.628. The lowest BCUT2D eigenvalue weighted by Gasteiger charge is -2.11. The van der Waals surface area contributed by atoms with Crippen LogP contribution >= 0.6 is 0 Å². The van der Waals surface area contributed by atoms with Crippen LogP contribution in [0, 0.1) is 0 Å². The average molecular weight is 730 g/mol. The van der Waals surface area contributed by atoms with Crippen LogP contribution in [-0.2, 0) is 0 Å². The fourth-order valence-electron chi connectivity index (χ4n) is 8.66. The van der Waals surface area contributed by atoms with Crippen molar-refractivity contribution in [1.29, 1.82) is 0 Å². The molecule has 57 heavy (non-hydrogen) atoms. The van der Waals surface area contributed by atoms with E-state index < -0.39 is 0 Å². The molecule has 8 aromatic carbocycles. The minimum atomic E-state index is 0.628. The first-order chi connectivity index (χ1) is 28.3. The van der Waals surface area contributed by atoms with E-state index in [1.807, 2.05) is 66.7 Å². The quantitative estimate of drug-likeness (QED) is 0.177. The molecule has 6 nitrogen and oxygen atoms in total. The summed E-state index contributed by atoms with van der Waals surface area (Å²) in [4.78, 5) is 14.9. The molecule has 6 heteroatoms. The summed E-state index contributed by atoms with van der Waals surface area (Å²) in [5.74, 6) is 1.91. The topological polar surface area (TPSA) is 61.7 Å². The third-order valence-corrected chi connectivity index (χ3v) is 11.2. The number of furan rings is 1. The first-order valence-electron chi connectivity index (χ1n) is 19.1. The van der Waals surface area contributed by atoms with Crippen LogP contribution < -0.4 is 0 Å². The van der Waals surface area contributed by atoms with Crippen LogP contribution in [0.25, 0.3) is 111 Å². The van der Waals surface area contributed by atoms with Crippen LogP contribution in [-0.4, -0.2) is 24.1 Å². The van der Waals surface area contributed by atoms with Crippen molar-refractivity contribution in [2.75, 3.05) is 0 Å². The van der Waals surface area contributed by atoms with Gasteiger partial charge in [0.05, 0.1) is 27.5 Å². The summed E-state index contributed by atoms with van der Waals surface area (Å²) in [6, 6.07) is 65.5. The molecule has 12 rings (SSSR count). The highest BCUT2D eigenvalue weighted by Crippen LogP contribution is 2.45. The second kappa shape index (κ2) is 12.3. The zero-order valence-corrected chi connectivity index (χ0v) is 30.5. The van der Waals surface area contributed by atoms with Crippen molar-refractivity contribution in [1.82, 2.24) is 24.1 Å². The molecule has 0 radical (unpaired) electrons. The molecular weight excluding hydrogens is 699 g/mol. The van der Waals surface area contributed by atoms with Gasteiger partial charge in [-0.3, -0.25) is 0 Å². The van der Waals surface area contributed by atoms with Gasteiger partial charge < -0.3 is 13.6 Å². The van der Waals surface area contributed by atoms with Gasteiger partial charge in [0, 0.05) is 55.0 Å². The third-order valence-electron chi connectivity index (χ3n) is 11.2. The summed E-state index contributed by atoms with van der Waals surface area (Å²) < 4.78 is 11.3. The van der Waals surface area contributed by atoms with Crippen molar-refractivity contribution in [3.8, 4) is 45.5 Å². The van der Waals surface area contributed by atoms with Crippen molar-refractivity contribution in [3.05, 3.63) is 188 Å². The average Bonchev–Trinajstić information content (AvgIpc) is 3.95. The van der Waals surface area contributed by atoms with Gasteiger partial charge >= 0.3 is 0 Å². The molecule has 0 aliphatic carbocycles. The van der Waals surface area contributed by atoms with Crippen LogP contribution in [0.1, 0.15) is 0 Å². The van der Waals surface area contributed by atoms with E-state index in [0.717, 1.165) is 66.6 Å². The predicted molar refractivity (Wildman–Crippen MR) is 232 cm³/mol. The van der Waals surface area contributed by atoms with Gasteiger partial charge in [-0.15, -0.1) is 0 Å². The van der Waals surface area contributed by atoms with Crippen molar-refractivity contribution in [2.45, 2.75) is 0 Å². The van der Waals surface area contributed by atoms with Crippen molar-refractivity contribution < 1.29 is 4.42 Å². The summed E-state index contributed by atoms with van der Waals surface area (Å²) in [6.45, 7) is 0. The number of benzene rings is 8. The molecule has 0 fully saturated rings. The first kappa shape index (κ1) is 31.5. The monoisotopic (exact) mass is 729 g/mol. The van der Waals surface area contributed by atoms with E-state index in [-0.39, 0.29) is 0 Å². The number of nitrogens with zero attached hydrogens (tertiary/aromatic N) is 5. The van der Waals surface area contributed by atoms with Gasteiger partial charge in [-0.1, -0.05) is 121 Å². The fraction of sp³-hybridized carbons (Fsp3) is 0. The molecule has 4 heterocycles. The highest BCUT2D eigenvalue weighted by atomic mass is 16.3. The Morgan fingerprint density at radius 1 is 0.316 bits per heavy atom. The van der Waals surface area contributed by atoms with Crippen molar-refractivity contribution in [2.24, 2.45) is 0 Å². The molecule has 4 aromatic heterocycles. The number of rotatable bonds is 5. The van der Waals surface area contributed by atoms with Crippen LogP contribution in [0.2, 0.25) is 0 Å². The van der Waals surface area contributed by atoms with Gasteiger partial charge in [0.25, 0.3) is 0 Å². The Morgan fingerprint density at radius 3 is 1.49 bits per heavy atom. The van der Waals surface area contributed by atoms with E-state index in [2.05, 4.69) is 130 Å². The number of hydrogen-bond donors (Lipinski definition) is 0. The van der Waals surface area contributed by atoms with E-state index in [4.69, 9.17) is 19.4 Å². The fourth-order valence-corrected chi connectivity index (χ4v) is 8.66. The van der Waals surface area contributed by atoms with Gasteiger partial charge in [-0.05, 0) is 66.7 Å². The Kier molecular flexibility index (Phi) is 6.83. The molecule has 0 aliphatic rings. The number of hydrogen-bond acceptors (Lipinski definition) is 4. The van der Waals surface area contributed by atoms with E-state index in [0.29, 0.717) is 17.5 Å². The molecule has 0 saturated heterocycles. The Hall–Kier alpha value is -7.83. The lowest BCUT2D eigenvalue weighted by Crippen LogP contribution is -2.00. The maximum absolute atomic E-state index is 6.44. The normalized spacial score (nSPS) is 11.9. The second-order valence-electron chi connectivity index (χ2n) is 14.4. The first-order valence-corrected chi connectivity index (χ1v) is 19.1. The summed E-state index contributed by atoms with van der Waals surface area (Å²) in [7, 11) is 0. The lowest BCUT2D eigenvalue weighted by molar-refractivity contribution is 0.669. The molecule has 0 unspecified atom stereocenters. The zero-order chi connectivity index (χ0) is 37.5. The van der Waals surface area contributed by atoms with Crippen LogP contribution in [0.4, 0.5) is 0 Å². The minimum Gasteiger partial charge on any atom is -0.456 e. The maximum atomic E-state index is 6.44. The molecule has 0 bridgehead atoms. The predicted octanol–water partition coefficient (Wildman–Crippen LogP) is 13.0. The second-order valence-corrected chi connectivity index (χ2v) is 14.4. The van der Waals surface area contributed by atoms with Gasteiger partial charge in [-0.25, -0.2) is 15.0 Å². The van der Waals surface area contributed by atoms with Crippen molar-refractivity contribution >= 4 is 65.6 Å². The summed E-state index contributed by atoms with van der Waals surface area (Å²) in [5, 5.41) is 7.02. The molecule has 0 amide bonds.